The molecular weight excluding hydrogens is 365 g/mol. The van der Waals surface area contributed by atoms with Crippen LogP contribution in [0.2, 0.25) is 0 Å². The third-order valence-corrected chi connectivity index (χ3v) is 4.27. The predicted octanol–water partition coefficient (Wildman–Crippen LogP) is 3.00. The number of hydrogen-bond donors (Lipinski definition) is 1. The normalized spacial score (nSPS) is 22.7. The van der Waals surface area contributed by atoms with Crippen LogP contribution in [0.1, 0.15) is 13.3 Å². The molecule has 0 saturated heterocycles. The van der Waals surface area contributed by atoms with Gasteiger partial charge in [0.2, 0.25) is 0 Å². The molecule has 0 spiro atoms. The fourth-order valence-corrected chi connectivity index (χ4v) is 2.86. The van der Waals surface area contributed by atoms with Gasteiger partial charge in [0.25, 0.3) is 11.8 Å². The summed E-state index contributed by atoms with van der Waals surface area (Å²) in [5.74, 6) is -1.01. The SMILES string of the molecule is CC1(C(=O)Nc2ccc(Br)cc2F)CC(=O)N=C2C=CC=CN21. The Kier molecular flexibility index (Phi) is 3.89. The maximum atomic E-state index is 13.9. The minimum Gasteiger partial charge on any atom is -0.322 e. The Morgan fingerprint density at radius 1 is 1.43 bits per heavy atom. The Bertz CT molecular complexity index is 788. The summed E-state index contributed by atoms with van der Waals surface area (Å²) in [6.45, 7) is 1.63. The van der Waals surface area contributed by atoms with Crippen LogP contribution in [-0.4, -0.2) is 28.1 Å². The molecule has 1 atom stereocenters. The van der Waals surface area contributed by atoms with E-state index < -0.39 is 17.3 Å². The summed E-state index contributed by atoms with van der Waals surface area (Å²) in [5.41, 5.74) is -1.11. The van der Waals surface area contributed by atoms with E-state index in [1.807, 2.05) is 0 Å². The Morgan fingerprint density at radius 3 is 2.96 bits per heavy atom. The molecule has 2 heterocycles. The molecule has 1 aromatic rings. The number of benzene rings is 1. The molecule has 1 aromatic carbocycles. The molecule has 2 aliphatic heterocycles. The van der Waals surface area contributed by atoms with Crippen molar-refractivity contribution in [2.75, 3.05) is 5.32 Å². The zero-order valence-electron chi connectivity index (χ0n) is 12.2. The molecule has 2 aliphatic rings. The highest BCUT2D eigenvalue weighted by molar-refractivity contribution is 9.10. The minimum absolute atomic E-state index is 0.0625. The molecule has 1 N–H and O–H groups in total. The monoisotopic (exact) mass is 377 g/mol. The van der Waals surface area contributed by atoms with Gasteiger partial charge in [-0.25, -0.2) is 4.39 Å². The van der Waals surface area contributed by atoms with Gasteiger partial charge in [-0.2, -0.15) is 4.99 Å². The van der Waals surface area contributed by atoms with Crippen molar-refractivity contribution in [2.45, 2.75) is 18.9 Å². The maximum absolute atomic E-state index is 13.9. The van der Waals surface area contributed by atoms with E-state index in [9.17, 15) is 14.0 Å². The van der Waals surface area contributed by atoms with Gasteiger partial charge in [0.05, 0.1) is 12.1 Å². The van der Waals surface area contributed by atoms with Crippen LogP contribution in [0.15, 0.2) is 52.1 Å². The van der Waals surface area contributed by atoms with Crippen LogP contribution in [0.3, 0.4) is 0 Å². The van der Waals surface area contributed by atoms with Crippen molar-refractivity contribution in [2.24, 2.45) is 4.99 Å². The van der Waals surface area contributed by atoms with E-state index >= 15 is 0 Å². The summed E-state index contributed by atoms with van der Waals surface area (Å²) >= 11 is 3.17. The molecule has 118 valence electrons. The quantitative estimate of drug-likeness (QED) is 0.861. The zero-order chi connectivity index (χ0) is 16.6. The average molecular weight is 378 g/mol. The minimum atomic E-state index is -1.17. The van der Waals surface area contributed by atoms with E-state index in [1.54, 1.807) is 42.3 Å². The third kappa shape index (κ3) is 2.84. The first-order chi connectivity index (χ1) is 10.9. The van der Waals surface area contributed by atoms with Crippen molar-refractivity contribution in [3.05, 3.63) is 52.9 Å². The number of anilines is 1. The van der Waals surface area contributed by atoms with Crippen molar-refractivity contribution in [3.8, 4) is 0 Å². The molecule has 23 heavy (non-hydrogen) atoms. The molecule has 7 heteroatoms. The van der Waals surface area contributed by atoms with Crippen LogP contribution in [0.5, 0.6) is 0 Å². The topological polar surface area (TPSA) is 61.8 Å². The van der Waals surface area contributed by atoms with Crippen molar-refractivity contribution in [3.63, 3.8) is 0 Å². The number of amidine groups is 1. The van der Waals surface area contributed by atoms with Gasteiger partial charge in [-0.15, -0.1) is 0 Å². The highest BCUT2D eigenvalue weighted by atomic mass is 79.9. The number of fused-ring (bicyclic) bond motifs is 1. The molecule has 5 nitrogen and oxygen atoms in total. The van der Waals surface area contributed by atoms with Gasteiger partial charge in [-0.3, -0.25) is 9.59 Å². The van der Waals surface area contributed by atoms with Crippen LogP contribution in [0, 0.1) is 5.82 Å². The summed E-state index contributed by atoms with van der Waals surface area (Å²) in [6.07, 6.45) is 6.74. The number of rotatable bonds is 2. The van der Waals surface area contributed by atoms with Crippen molar-refractivity contribution in [1.29, 1.82) is 0 Å². The van der Waals surface area contributed by atoms with E-state index in [-0.39, 0.29) is 18.0 Å². The van der Waals surface area contributed by atoms with Crippen LogP contribution in [0.25, 0.3) is 0 Å². The van der Waals surface area contributed by atoms with E-state index in [2.05, 4.69) is 26.2 Å². The number of hydrogen-bond acceptors (Lipinski definition) is 3. The molecule has 0 aromatic heterocycles. The van der Waals surface area contributed by atoms with E-state index in [0.29, 0.717) is 10.3 Å². The molecule has 3 rings (SSSR count). The van der Waals surface area contributed by atoms with Crippen LogP contribution >= 0.6 is 15.9 Å². The Labute approximate surface area is 140 Å². The van der Waals surface area contributed by atoms with Gasteiger partial charge >= 0.3 is 0 Å². The fraction of sp³-hybridized carbons (Fsp3) is 0.188. The largest absolute Gasteiger partial charge is 0.322 e. The molecule has 1 unspecified atom stereocenters. The van der Waals surface area contributed by atoms with Crippen molar-refractivity contribution in [1.82, 2.24) is 4.90 Å². The highest BCUT2D eigenvalue weighted by Crippen LogP contribution is 2.30. The fourth-order valence-electron chi connectivity index (χ4n) is 2.53. The number of nitrogens with zero attached hydrogens (tertiary/aromatic N) is 2. The van der Waals surface area contributed by atoms with E-state index in [0.717, 1.165) is 0 Å². The molecular formula is C16H13BrFN3O2. The summed E-state index contributed by atoms with van der Waals surface area (Å²) in [7, 11) is 0. The lowest BCUT2D eigenvalue weighted by Crippen LogP contribution is -2.58. The van der Waals surface area contributed by atoms with Gasteiger partial charge in [-0.1, -0.05) is 22.0 Å². The van der Waals surface area contributed by atoms with Crippen molar-refractivity contribution < 1.29 is 14.0 Å². The van der Waals surface area contributed by atoms with Gasteiger partial charge in [0, 0.05) is 10.7 Å². The molecule has 0 fully saturated rings. The van der Waals surface area contributed by atoms with Gasteiger partial charge in [0.1, 0.15) is 17.2 Å². The number of allylic oxidation sites excluding steroid dienone is 2. The standard InChI is InChI=1S/C16H13BrFN3O2/c1-16(9-14(22)20-13-4-2-3-7-21(13)16)15(23)19-12-6-5-10(17)8-11(12)18/h2-8H,9H2,1H3,(H,19,23). The number of aliphatic imine (C=N–C) groups is 1. The number of carbonyl (C=O) groups is 2. The van der Waals surface area contributed by atoms with Crippen LogP contribution < -0.4 is 5.32 Å². The van der Waals surface area contributed by atoms with E-state index in [4.69, 9.17) is 0 Å². The molecule has 0 bridgehead atoms. The first kappa shape index (κ1) is 15.6. The first-order valence-electron chi connectivity index (χ1n) is 6.92. The van der Waals surface area contributed by atoms with Crippen molar-refractivity contribution >= 4 is 39.3 Å². The second kappa shape index (κ2) is 5.73. The first-order valence-corrected chi connectivity index (χ1v) is 7.72. The Balaban J connectivity index is 1.91. The Morgan fingerprint density at radius 2 is 2.22 bits per heavy atom. The smallest absolute Gasteiger partial charge is 0.250 e. The lowest BCUT2D eigenvalue weighted by atomic mass is 9.91. The highest BCUT2D eigenvalue weighted by Gasteiger charge is 2.45. The molecule has 2 amide bonds. The molecule has 0 radical (unpaired) electrons. The predicted molar refractivity (Wildman–Crippen MR) is 88.3 cm³/mol. The van der Waals surface area contributed by atoms with Crippen LogP contribution in [0.4, 0.5) is 10.1 Å². The summed E-state index contributed by atoms with van der Waals surface area (Å²) < 4.78 is 14.5. The summed E-state index contributed by atoms with van der Waals surface area (Å²) in [4.78, 5) is 30.1. The lowest BCUT2D eigenvalue weighted by Gasteiger charge is -2.41. The summed E-state index contributed by atoms with van der Waals surface area (Å²) in [5, 5.41) is 2.56. The van der Waals surface area contributed by atoms with Gasteiger partial charge in [0.15, 0.2) is 0 Å². The third-order valence-electron chi connectivity index (χ3n) is 3.77. The average Bonchev–Trinajstić information content (AvgIpc) is 2.49. The number of amides is 2. The van der Waals surface area contributed by atoms with Gasteiger partial charge in [-0.05, 0) is 37.3 Å². The van der Waals surface area contributed by atoms with Gasteiger partial charge < -0.3 is 10.2 Å². The van der Waals surface area contributed by atoms with Crippen LogP contribution in [-0.2, 0) is 9.59 Å². The lowest BCUT2D eigenvalue weighted by molar-refractivity contribution is -0.130. The second-order valence-electron chi connectivity index (χ2n) is 5.46. The zero-order valence-corrected chi connectivity index (χ0v) is 13.8. The molecule has 0 saturated carbocycles. The molecule has 0 aliphatic carbocycles. The number of nitrogens with one attached hydrogen (secondary N) is 1. The Hall–Kier alpha value is -2.28. The number of halogens is 2. The number of carbonyl (C=O) groups excluding carboxylic acids is 2. The maximum Gasteiger partial charge on any atom is 0.250 e. The second-order valence-corrected chi connectivity index (χ2v) is 6.38. The summed E-state index contributed by atoms with van der Waals surface area (Å²) in [6, 6.07) is 4.36. The van der Waals surface area contributed by atoms with E-state index in [1.165, 1.54) is 12.1 Å².